The molecule has 0 unspecified atom stereocenters. The summed E-state index contributed by atoms with van der Waals surface area (Å²) >= 11 is 0. The molecule has 106 valence electrons. The monoisotopic (exact) mass is 276 g/mol. The molecule has 1 aliphatic rings. The summed E-state index contributed by atoms with van der Waals surface area (Å²) in [4.78, 5) is 1.10. The molecule has 19 heavy (non-hydrogen) atoms. The fourth-order valence-corrected chi connectivity index (χ4v) is 2.03. The van der Waals surface area contributed by atoms with Crippen LogP contribution in [-0.2, 0) is 0 Å². The summed E-state index contributed by atoms with van der Waals surface area (Å²) in [5, 5.41) is 0. The normalized spacial score (nSPS) is 17.4. The SMILES string of the molecule is C[C@H](N)c1ccc(N(CC(F)(F)F)C2CC2)c(F)c1. The largest absolute Gasteiger partial charge is 0.405 e. The number of rotatable bonds is 4. The van der Waals surface area contributed by atoms with Gasteiger partial charge < -0.3 is 10.6 Å². The number of nitrogens with two attached hydrogens (primary N) is 1. The lowest BCUT2D eigenvalue weighted by Crippen LogP contribution is -2.36. The fourth-order valence-electron chi connectivity index (χ4n) is 2.03. The van der Waals surface area contributed by atoms with Gasteiger partial charge in [0.2, 0.25) is 0 Å². The summed E-state index contributed by atoms with van der Waals surface area (Å²) in [5.74, 6) is -0.647. The average Bonchev–Trinajstić information content (AvgIpc) is 3.08. The highest BCUT2D eigenvalue weighted by molar-refractivity contribution is 5.51. The molecule has 0 saturated heterocycles. The van der Waals surface area contributed by atoms with E-state index in [2.05, 4.69) is 0 Å². The molecular formula is C13H16F4N2. The minimum atomic E-state index is -4.34. The lowest BCUT2D eigenvalue weighted by atomic mass is 10.1. The standard InChI is InChI=1S/C13H16F4N2/c1-8(18)9-2-5-12(11(14)6-9)19(10-3-4-10)7-13(15,16)17/h2,5-6,8,10H,3-4,7,18H2,1H3/t8-/m0/s1. The molecule has 2 N–H and O–H groups in total. The average molecular weight is 276 g/mol. The van der Waals surface area contributed by atoms with Gasteiger partial charge in [-0.15, -0.1) is 0 Å². The van der Waals surface area contributed by atoms with Gasteiger partial charge in [0.15, 0.2) is 0 Å². The number of hydrogen-bond donors (Lipinski definition) is 1. The molecule has 0 spiro atoms. The number of nitrogens with zero attached hydrogens (tertiary/aromatic N) is 1. The summed E-state index contributed by atoms with van der Waals surface area (Å²) in [6, 6.07) is 3.62. The van der Waals surface area contributed by atoms with Gasteiger partial charge >= 0.3 is 6.18 Å². The lowest BCUT2D eigenvalue weighted by molar-refractivity contribution is -0.120. The van der Waals surface area contributed by atoms with Gasteiger partial charge in [-0.25, -0.2) is 4.39 Å². The van der Waals surface area contributed by atoms with E-state index in [4.69, 9.17) is 5.73 Å². The summed E-state index contributed by atoms with van der Waals surface area (Å²) in [6.45, 7) is 0.578. The maximum Gasteiger partial charge on any atom is 0.405 e. The van der Waals surface area contributed by atoms with Gasteiger partial charge in [0.25, 0.3) is 0 Å². The molecule has 0 aliphatic heterocycles. The van der Waals surface area contributed by atoms with E-state index in [-0.39, 0.29) is 17.8 Å². The molecule has 0 heterocycles. The molecule has 1 atom stereocenters. The highest BCUT2D eigenvalue weighted by atomic mass is 19.4. The van der Waals surface area contributed by atoms with Crippen LogP contribution in [0.15, 0.2) is 18.2 Å². The maximum absolute atomic E-state index is 14.0. The van der Waals surface area contributed by atoms with Gasteiger partial charge in [-0.1, -0.05) is 6.07 Å². The van der Waals surface area contributed by atoms with Crippen molar-refractivity contribution in [1.29, 1.82) is 0 Å². The molecule has 1 saturated carbocycles. The Morgan fingerprint density at radius 1 is 1.37 bits per heavy atom. The van der Waals surface area contributed by atoms with Gasteiger partial charge in [0, 0.05) is 12.1 Å². The summed E-state index contributed by atoms with van der Waals surface area (Å²) in [5.41, 5.74) is 6.20. The lowest BCUT2D eigenvalue weighted by Gasteiger charge is -2.26. The van der Waals surface area contributed by atoms with Crippen LogP contribution in [0, 0.1) is 5.82 Å². The summed E-state index contributed by atoms with van der Waals surface area (Å²) in [7, 11) is 0. The van der Waals surface area contributed by atoms with E-state index in [1.54, 1.807) is 13.0 Å². The van der Waals surface area contributed by atoms with Crippen molar-refractivity contribution in [3.8, 4) is 0 Å². The second-order valence-electron chi connectivity index (χ2n) is 4.97. The minimum Gasteiger partial charge on any atom is -0.357 e. The van der Waals surface area contributed by atoms with Gasteiger partial charge in [-0.3, -0.25) is 0 Å². The van der Waals surface area contributed by atoms with Gasteiger partial charge in [0.1, 0.15) is 12.4 Å². The van der Waals surface area contributed by atoms with Crippen LogP contribution in [-0.4, -0.2) is 18.8 Å². The molecule has 6 heteroatoms. The van der Waals surface area contributed by atoms with Crippen LogP contribution in [0.3, 0.4) is 0 Å². The molecule has 0 radical (unpaired) electrons. The van der Waals surface area contributed by atoms with Crippen molar-refractivity contribution < 1.29 is 17.6 Å². The fraction of sp³-hybridized carbons (Fsp3) is 0.538. The number of hydrogen-bond acceptors (Lipinski definition) is 2. The highest BCUT2D eigenvalue weighted by Crippen LogP contribution is 2.36. The van der Waals surface area contributed by atoms with Crippen LogP contribution in [0.1, 0.15) is 31.4 Å². The summed E-state index contributed by atoms with van der Waals surface area (Å²) < 4.78 is 51.6. The Bertz CT molecular complexity index is 452. The Hall–Kier alpha value is -1.30. The van der Waals surface area contributed by atoms with E-state index in [1.807, 2.05) is 0 Å². The molecule has 1 aromatic carbocycles. The van der Waals surface area contributed by atoms with Crippen LogP contribution in [0.4, 0.5) is 23.2 Å². The zero-order chi connectivity index (χ0) is 14.2. The van der Waals surface area contributed by atoms with Crippen LogP contribution < -0.4 is 10.6 Å². The Kier molecular flexibility index (Phi) is 3.71. The molecule has 2 rings (SSSR count). The predicted octanol–water partition coefficient (Wildman–Crippen LogP) is 3.38. The first-order chi connectivity index (χ1) is 8.78. The third-order valence-electron chi connectivity index (χ3n) is 3.14. The van der Waals surface area contributed by atoms with Crippen LogP contribution in [0.5, 0.6) is 0 Å². The quantitative estimate of drug-likeness (QED) is 0.854. The van der Waals surface area contributed by atoms with Crippen LogP contribution in [0.2, 0.25) is 0 Å². The van der Waals surface area contributed by atoms with Gasteiger partial charge in [-0.2, -0.15) is 13.2 Å². The zero-order valence-electron chi connectivity index (χ0n) is 10.5. The van der Waals surface area contributed by atoms with Crippen molar-refractivity contribution in [2.75, 3.05) is 11.4 Å². The molecule has 0 amide bonds. The highest BCUT2D eigenvalue weighted by Gasteiger charge is 2.39. The third-order valence-corrected chi connectivity index (χ3v) is 3.14. The van der Waals surface area contributed by atoms with E-state index < -0.39 is 18.5 Å². The van der Waals surface area contributed by atoms with Crippen molar-refractivity contribution in [3.63, 3.8) is 0 Å². The van der Waals surface area contributed by atoms with E-state index in [0.29, 0.717) is 18.4 Å². The van der Waals surface area contributed by atoms with E-state index in [1.165, 1.54) is 12.1 Å². The Morgan fingerprint density at radius 3 is 2.42 bits per heavy atom. The van der Waals surface area contributed by atoms with E-state index in [9.17, 15) is 17.6 Å². The molecule has 1 fully saturated rings. The number of anilines is 1. The first-order valence-electron chi connectivity index (χ1n) is 6.16. The van der Waals surface area contributed by atoms with Crippen molar-refractivity contribution in [2.24, 2.45) is 5.73 Å². The molecule has 0 bridgehead atoms. The van der Waals surface area contributed by atoms with Gasteiger partial charge in [-0.05, 0) is 37.5 Å². The summed E-state index contributed by atoms with van der Waals surface area (Å²) in [6.07, 6.45) is -3.00. The third kappa shape index (κ3) is 3.59. The Balaban J connectivity index is 2.27. The zero-order valence-corrected chi connectivity index (χ0v) is 10.5. The molecule has 1 aliphatic carbocycles. The number of halogens is 4. The maximum atomic E-state index is 14.0. The van der Waals surface area contributed by atoms with Crippen molar-refractivity contribution in [3.05, 3.63) is 29.6 Å². The van der Waals surface area contributed by atoms with Crippen molar-refractivity contribution in [2.45, 2.75) is 38.0 Å². The van der Waals surface area contributed by atoms with Gasteiger partial charge in [0.05, 0.1) is 5.69 Å². The smallest absolute Gasteiger partial charge is 0.357 e. The molecule has 2 nitrogen and oxygen atoms in total. The molecule has 0 aromatic heterocycles. The van der Waals surface area contributed by atoms with Crippen LogP contribution >= 0.6 is 0 Å². The Labute approximate surface area is 109 Å². The minimum absolute atomic E-state index is 0.00391. The number of alkyl halides is 3. The first kappa shape index (κ1) is 14.1. The number of benzene rings is 1. The van der Waals surface area contributed by atoms with Crippen molar-refractivity contribution in [1.82, 2.24) is 0 Å². The van der Waals surface area contributed by atoms with Crippen LogP contribution in [0.25, 0.3) is 0 Å². The van der Waals surface area contributed by atoms with E-state index >= 15 is 0 Å². The second kappa shape index (κ2) is 5.00. The first-order valence-corrected chi connectivity index (χ1v) is 6.16. The second-order valence-corrected chi connectivity index (χ2v) is 4.97. The molecule has 1 aromatic rings. The van der Waals surface area contributed by atoms with Crippen molar-refractivity contribution >= 4 is 5.69 Å². The van der Waals surface area contributed by atoms with E-state index in [0.717, 1.165) is 4.90 Å². The predicted molar refractivity (Wildman–Crippen MR) is 65.4 cm³/mol. The molecular weight excluding hydrogens is 260 g/mol. The Morgan fingerprint density at radius 2 is 2.00 bits per heavy atom. The topological polar surface area (TPSA) is 29.3 Å².